The van der Waals surface area contributed by atoms with Crippen molar-refractivity contribution in [2.24, 2.45) is 7.05 Å². The SMILES string of the molecule is Cc1cc(C(C)F)n(-c2cc(Nc3c(C)c(-c4ccc(C#N)cc4)nn3C)ncn2)n1. The van der Waals surface area contributed by atoms with Crippen LogP contribution in [0.25, 0.3) is 17.1 Å². The Morgan fingerprint density at radius 2 is 1.84 bits per heavy atom. The summed E-state index contributed by atoms with van der Waals surface area (Å²) in [6.45, 7) is 5.24. The van der Waals surface area contributed by atoms with E-state index in [4.69, 9.17) is 5.26 Å². The molecule has 0 aliphatic carbocycles. The molecule has 0 aliphatic heterocycles. The van der Waals surface area contributed by atoms with Gasteiger partial charge in [0, 0.05) is 24.2 Å². The van der Waals surface area contributed by atoms with Crippen molar-refractivity contribution in [2.45, 2.75) is 26.9 Å². The molecule has 4 rings (SSSR count). The molecular weight excluding hydrogens is 395 g/mol. The minimum atomic E-state index is -1.18. The highest BCUT2D eigenvalue weighted by Crippen LogP contribution is 2.30. The molecule has 4 aromatic rings. The van der Waals surface area contributed by atoms with E-state index in [0.717, 1.165) is 22.6 Å². The van der Waals surface area contributed by atoms with Gasteiger partial charge in [0.05, 0.1) is 28.7 Å². The van der Waals surface area contributed by atoms with Gasteiger partial charge in [-0.3, -0.25) is 4.68 Å². The fraction of sp³-hybridized carbons (Fsp3) is 0.227. The molecule has 0 aliphatic rings. The minimum Gasteiger partial charge on any atom is -0.325 e. The lowest BCUT2D eigenvalue weighted by Gasteiger charge is -2.10. The summed E-state index contributed by atoms with van der Waals surface area (Å²) in [5.41, 5.74) is 4.39. The molecule has 0 saturated heterocycles. The lowest BCUT2D eigenvalue weighted by Crippen LogP contribution is -2.08. The molecule has 0 amide bonds. The second kappa shape index (κ2) is 7.99. The Morgan fingerprint density at radius 1 is 1.10 bits per heavy atom. The summed E-state index contributed by atoms with van der Waals surface area (Å²) in [6, 6.07) is 12.8. The number of hydrogen-bond donors (Lipinski definition) is 1. The molecule has 0 spiro atoms. The van der Waals surface area contributed by atoms with Crippen LogP contribution in [0, 0.1) is 25.2 Å². The molecule has 1 aromatic carbocycles. The van der Waals surface area contributed by atoms with Crippen molar-refractivity contribution < 1.29 is 4.39 Å². The van der Waals surface area contributed by atoms with Gasteiger partial charge in [0.15, 0.2) is 5.82 Å². The first-order valence-corrected chi connectivity index (χ1v) is 9.71. The fourth-order valence-corrected chi connectivity index (χ4v) is 3.42. The zero-order chi connectivity index (χ0) is 22.1. The number of aryl methyl sites for hydroxylation is 2. The average Bonchev–Trinajstić information content (AvgIpc) is 3.29. The van der Waals surface area contributed by atoms with Crippen LogP contribution in [-0.4, -0.2) is 29.5 Å². The van der Waals surface area contributed by atoms with Gasteiger partial charge in [-0.25, -0.2) is 19.0 Å². The van der Waals surface area contributed by atoms with Gasteiger partial charge in [0.2, 0.25) is 0 Å². The van der Waals surface area contributed by atoms with E-state index in [0.29, 0.717) is 28.6 Å². The number of nitrogens with one attached hydrogen (secondary N) is 1. The van der Waals surface area contributed by atoms with Crippen molar-refractivity contribution >= 4 is 11.6 Å². The quantitative estimate of drug-likeness (QED) is 0.520. The van der Waals surface area contributed by atoms with Gasteiger partial charge in [-0.1, -0.05) is 12.1 Å². The van der Waals surface area contributed by atoms with Crippen molar-refractivity contribution in [3.05, 3.63) is 65.2 Å². The number of alkyl halides is 1. The summed E-state index contributed by atoms with van der Waals surface area (Å²) in [6.07, 6.45) is 0.232. The van der Waals surface area contributed by atoms with E-state index < -0.39 is 6.17 Å². The zero-order valence-electron chi connectivity index (χ0n) is 17.6. The summed E-state index contributed by atoms with van der Waals surface area (Å²) in [7, 11) is 1.84. The van der Waals surface area contributed by atoms with Gasteiger partial charge in [-0.2, -0.15) is 15.5 Å². The Balaban J connectivity index is 1.67. The molecule has 8 nitrogen and oxygen atoms in total. The molecule has 0 fully saturated rings. The maximum Gasteiger partial charge on any atom is 0.159 e. The van der Waals surface area contributed by atoms with Crippen LogP contribution in [0.15, 0.2) is 42.7 Å². The Labute approximate surface area is 179 Å². The Bertz CT molecular complexity index is 1280. The smallest absolute Gasteiger partial charge is 0.159 e. The lowest BCUT2D eigenvalue weighted by atomic mass is 10.1. The number of benzene rings is 1. The van der Waals surface area contributed by atoms with Crippen molar-refractivity contribution in [3.8, 4) is 23.1 Å². The van der Waals surface area contributed by atoms with Crippen molar-refractivity contribution in [2.75, 3.05) is 5.32 Å². The molecule has 1 N–H and O–H groups in total. The van der Waals surface area contributed by atoms with Crippen LogP contribution in [0.1, 0.15) is 35.6 Å². The number of aromatic nitrogens is 6. The summed E-state index contributed by atoms with van der Waals surface area (Å²) in [5.74, 6) is 1.77. The van der Waals surface area contributed by atoms with Crippen LogP contribution in [0.4, 0.5) is 16.0 Å². The van der Waals surface area contributed by atoms with Gasteiger partial charge in [0.1, 0.15) is 24.1 Å². The molecule has 156 valence electrons. The molecule has 1 unspecified atom stereocenters. The predicted molar refractivity (Wildman–Crippen MR) is 115 cm³/mol. The Kier molecular flexibility index (Phi) is 5.21. The average molecular weight is 416 g/mol. The third-order valence-electron chi connectivity index (χ3n) is 4.95. The molecular formula is C22H21FN8. The van der Waals surface area contributed by atoms with E-state index in [1.165, 1.54) is 17.9 Å². The largest absolute Gasteiger partial charge is 0.325 e. The normalized spacial score (nSPS) is 11.9. The Hall–Kier alpha value is -4.06. The molecule has 3 aromatic heterocycles. The maximum absolute atomic E-state index is 14.0. The van der Waals surface area contributed by atoms with Crippen LogP contribution in [-0.2, 0) is 7.05 Å². The van der Waals surface area contributed by atoms with E-state index in [1.54, 1.807) is 28.9 Å². The van der Waals surface area contributed by atoms with Gasteiger partial charge in [-0.05, 0) is 39.0 Å². The maximum atomic E-state index is 14.0. The second-order valence-electron chi connectivity index (χ2n) is 7.26. The highest BCUT2D eigenvalue weighted by molar-refractivity contribution is 5.71. The van der Waals surface area contributed by atoms with Gasteiger partial charge in [-0.15, -0.1) is 0 Å². The highest BCUT2D eigenvalue weighted by Gasteiger charge is 2.17. The third-order valence-corrected chi connectivity index (χ3v) is 4.95. The van der Waals surface area contributed by atoms with Crippen molar-refractivity contribution in [1.29, 1.82) is 5.26 Å². The fourth-order valence-electron chi connectivity index (χ4n) is 3.42. The third kappa shape index (κ3) is 3.88. The van der Waals surface area contributed by atoms with Crippen LogP contribution in [0.2, 0.25) is 0 Å². The van der Waals surface area contributed by atoms with Gasteiger partial charge in [0.25, 0.3) is 0 Å². The van der Waals surface area contributed by atoms with Crippen LogP contribution >= 0.6 is 0 Å². The zero-order valence-corrected chi connectivity index (χ0v) is 17.6. The van der Waals surface area contributed by atoms with E-state index in [9.17, 15) is 4.39 Å². The van der Waals surface area contributed by atoms with Crippen LogP contribution in [0.3, 0.4) is 0 Å². The van der Waals surface area contributed by atoms with Crippen molar-refractivity contribution in [3.63, 3.8) is 0 Å². The first-order chi connectivity index (χ1) is 14.9. The van der Waals surface area contributed by atoms with Crippen LogP contribution in [0.5, 0.6) is 0 Å². The molecule has 0 saturated carbocycles. The molecule has 31 heavy (non-hydrogen) atoms. The number of anilines is 2. The monoisotopic (exact) mass is 416 g/mol. The minimum absolute atomic E-state index is 0.432. The summed E-state index contributed by atoms with van der Waals surface area (Å²) in [5, 5.41) is 21.3. The number of rotatable bonds is 5. The van der Waals surface area contributed by atoms with E-state index in [1.807, 2.05) is 33.0 Å². The molecule has 1 atom stereocenters. The highest BCUT2D eigenvalue weighted by atomic mass is 19.1. The molecule has 0 bridgehead atoms. The van der Waals surface area contributed by atoms with Crippen molar-refractivity contribution in [1.82, 2.24) is 29.5 Å². The molecule has 0 radical (unpaired) electrons. The van der Waals surface area contributed by atoms with Crippen LogP contribution < -0.4 is 5.32 Å². The van der Waals surface area contributed by atoms with Gasteiger partial charge >= 0.3 is 0 Å². The first-order valence-electron chi connectivity index (χ1n) is 9.71. The number of nitriles is 1. The van der Waals surface area contributed by atoms with E-state index in [-0.39, 0.29) is 0 Å². The second-order valence-corrected chi connectivity index (χ2v) is 7.26. The summed E-state index contributed by atoms with van der Waals surface area (Å²) < 4.78 is 17.2. The standard InChI is InChI=1S/C22H21FN8/c1-13-9-18(15(3)23)31(28-13)20-10-19(25-12-26-20)27-22-14(2)21(29-30(22)4)17-7-5-16(11-24)6-8-17/h5-10,12,15H,1-4H3,(H,25,26,27). The summed E-state index contributed by atoms with van der Waals surface area (Å²) in [4.78, 5) is 8.55. The molecule has 3 heterocycles. The lowest BCUT2D eigenvalue weighted by molar-refractivity contribution is 0.358. The number of nitrogens with zero attached hydrogens (tertiary/aromatic N) is 7. The predicted octanol–water partition coefficient (Wildman–Crippen LogP) is 4.33. The molecule has 9 heteroatoms. The first kappa shape index (κ1) is 20.2. The number of halogens is 1. The Morgan fingerprint density at radius 3 is 2.52 bits per heavy atom. The number of hydrogen-bond acceptors (Lipinski definition) is 6. The summed E-state index contributed by atoms with van der Waals surface area (Å²) >= 11 is 0. The van der Waals surface area contributed by atoms with E-state index in [2.05, 4.69) is 31.6 Å². The van der Waals surface area contributed by atoms with Gasteiger partial charge < -0.3 is 5.32 Å². The topological polar surface area (TPSA) is 97.2 Å². The van der Waals surface area contributed by atoms with E-state index >= 15 is 0 Å².